The summed E-state index contributed by atoms with van der Waals surface area (Å²) < 4.78 is 32.5. The highest BCUT2D eigenvalue weighted by molar-refractivity contribution is 7.92. The molecule has 1 aliphatic rings. The van der Waals surface area contributed by atoms with Gasteiger partial charge in [-0.25, -0.2) is 13.4 Å². The van der Waals surface area contributed by atoms with Gasteiger partial charge in [-0.15, -0.1) is 0 Å². The monoisotopic (exact) mass is 365 g/mol. The van der Waals surface area contributed by atoms with E-state index >= 15 is 0 Å². The van der Waals surface area contributed by atoms with Crippen LogP contribution in [0.15, 0.2) is 27.7 Å². The number of nitrogens with one attached hydrogen (secondary N) is 1. The Morgan fingerprint density at radius 3 is 2.44 bits per heavy atom. The molecule has 1 saturated heterocycles. The second-order valence-electron chi connectivity index (χ2n) is 6.09. The summed E-state index contributed by atoms with van der Waals surface area (Å²) in [7, 11) is -3.75. The van der Waals surface area contributed by atoms with E-state index in [2.05, 4.69) is 31.6 Å². The highest BCUT2D eigenvalue weighted by Gasteiger charge is 2.24. The molecule has 1 aliphatic heterocycles. The van der Waals surface area contributed by atoms with Crippen molar-refractivity contribution in [3.05, 3.63) is 29.8 Å². The van der Waals surface area contributed by atoms with Crippen molar-refractivity contribution in [1.29, 1.82) is 0 Å². The molecule has 0 radical (unpaired) electrons. The third-order valence-corrected chi connectivity index (χ3v) is 6.00. The zero-order valence-corrected chi connectivity index (χ0v) is 15.5. The smallest absolute Gasteiger partial charge is 0.267 e. The van der Waals surface area contributed by atoms with E-state index in [1.165, 1.54) is 6.20 Å². The topological polar surface area (TPSA) is 91.6 Å². The molecule has 0 aromatic carbocycles. The molecule has 9 heteroatoms. The Morgan fingerprint density at radius 1 is 1.20 bits per heavy atom. The van der Waals surface area contributed by atoms with Gasteiger partial charge in [0.1, 0.15) is 11.5 Å². The summed E-state index contributed by atoms with van der Waals surface area (Å²) in [6, 6.07) is 3.57. The number of rotatable bonds is 5. The average molecular weight is 365 g/mol. The van der Waals surface area contributed by atoms with Crippen LogP contribution in [0.25, 0.3) is 0 Å². The number of anilines is 2. The summed E-state index contributed by atoms with van der Waals surface area (Å²) in [4.78, 5) is 9.08. The standard InChI is InChI=1S/C16H23N5O3S/c1-4-20-7-9-21(10-8-20)15-6-5-14(11-17-15)19-25(22,23)16-12(2)18-24-13(16)3/h5-6,11,19H,4,7-10H2,1-3H3. The Balaban J connectivity index is 1.71. The molecular formula is C16H23N5O3S. The molecule has 0 atom stereocenters. The molecule has 3 heterocycles. The van der Waals surface area contributed by atoms with Crippen molar-refractivity contribution in [3.63, 3.8) is 0 Å². The van der Waals surface area contributed by atoms with Crippen LogP contribution in [0, 0.1) is 13.8 Å². The van der Waals surface area contributed by atoms with Gasteiger partial charge in [-0.2, -0.15) is 0 Å². The highest BCUT2D eigenvalue weighted by Crippen LogP contribution is 2.23. The lowest BCUT2D eigenvalue weighted by Gasteiger charge is -2.34. The van der Waals surface area contributed by atoms with Crippen LogP contribution in [-0.4, -0.2) is 56.2 Å². The number of piperazine rings is 1. The molecule has 0 aliphatic carbocycles. The second-order valence-corrected chi connectivity index (χ2v) is 7.70. The van der Waals surface area contributed by atoms with Crippen molar-refractivity contribution in [1.82, 2.24) is 15.0 Å². The van der Waals surface area contributed by atoms with E-state index in [-0.39, 0.29) is 10.7 Å². The van der Waals surface area contributed by atoms with Crippen LogP contribution >= 0.6 is 0 Å². The van der Waals surface area contributed by atoms with E-state index in [9.17, 15) is 8.42 Å². The number of aromatic nitrogens is 2. The Bertz CT molecular complexity index is 804. The average Bonchev–Trinajstić information content (AvgIpc) is 2.95. The molecule has 0 spiro atoms. The fourth-order valence-corrected chi connectivity index (χ4v) is 4.37. The van der Waals surface area contributed by atoms with E-state index in [4.69, 9.17) is 4.52 Å². The maximum absolute atomic E-state index is 12.5. The quantitative estimate of drug-likeness (QED) is 0.861. The first-order valence-corrected chi connectivity index (χ1v) is 9.78. The number of hydrogen-bond donors (Lipinski definition) is 1. The van der Waals surface area contributed by atoms with Crippen molar-refractivity contribution >= 4 is 21.5 Å². The third kappa shape index (κ3) is 3.77. The number of likely N-dealkylation sites (N-methyl/N-ethyl adjacent to an activating group) is 1. The van der Waals surface area contributed by atoms with Gasteiger partial charge in [0.15, 0.2) is 10.7 Å². The van der Waals surface area contributed by atoms with Gasteiger partial charge in [0, 0.05) is 26.2 Å². The van der Waals surface area contributed by atoms with Crippen LogP contribution in [0.3, 0.4) is 0 Å². The minimum atomic E-state index is -3.75. The van der Waals surface area contributed by atoms with Crippen LogP contribution < -0.4 is 9.62 Å². The fraction of sp³-hybridized carbons (Fsp3) is 0.500. The molecule has 0 bridgehead atoms. The predicted molar refractivity (Wildman–Crippen MR) is 95.3 cm³/mol. The Labute approximate surface area is 147 Å². The van der Waals surface area contributed by atoms with E-state index < -0.39 is 10.0 Å². The van der Waals surface area contributed by atoms with Gasteiger partial charge in [-0.1, -0.05) is 12.1 Å². The third-order valence-electron chi connectivity index (χ3n) is 4.38. The molecule has 0 amide bonds. The lowest BCUT2D eigenvalue weighted by Crippen LogP contribution is -2.46. The molecule has 25 heavy (non-hydrogen) atoms. The van der Waals surface area contributed by atoms with Gasteiger partial charge in [0.05, 0.1) is 11.9 Å². The molecule has 8 nitrogen and oxygen atoms in total. The lowest BCUT2D eigenvalue weighted by molar-refractivity contribution is 0.270. The number of aryl methyl sites for hydroxylation is 2. The first-order chi connectivity index (χ1) is 11.9. The highest BCUT2D eigenvalue weighted by atomic mass is 32.2. The van der Waals surface area contributed by atoms with E-state index in [0.717, 1.165) is 38.5 Å². The number of sulfonamides is 1. The molecule has 3 rings (SSSR count). The Morgan fingerprint density at radius 2 is 1.92 bits per heavy atom. The van der Waals surface area contributed by atoms with Crippen molar-refractivity contribution in [3.8, 4) is 0 Å². The first kappa shape index (κ1) is 17.7. The summed E-state index contributed by atoms with van der Waals surface area (Å²) >= 11 is 0. The Hall–Kier alpha value is -2.13. The van der Waals surface area contributed by atoms with Crippen molar-refractivity contribution in [2.45, 2.75) is 25.7 Å². The zero-order valence-electron chi connectivity index (χ0n) is 14.7. The van der Waals surface area contributed by atoms with Crippen LogP contribution in [-0.2, 0) is 10.0 Å². The SMILES string of the molecule is CCN1CCN(c2ccc(NS(=O)(=O)c3c(C)noc3C)cn2)CC1. The van der Waals surface area contributed by atoms with Gasteiger partial charge in [-0.3, -0.25) is 4.72 Å². The molecule has 0 unspecified atom stereocenters. The number of nitrogens with zero attached hydrogens (tertiary/aromatic N) is 4. The summed E-state index contributed by atoms with van der Waals surface area (Å²) in [6.45, 7) is 10.3. The largest absolute Gasteiger partial charge is 0.360 e. The normalized spacial score (nSPS) is 16.2. The molecular weight excluding hydrogens is 342 g/mol. The van der Waals surface area contributed by atoms with E-state index in [1.54, 1.807) is 19.9 Å². The van der Waals surface area contributed by atoms with Gasteiger partial charge in [0.25, 0.3) is 10.0 Å². The molecule has 1 fully saturated rings. The number of hydrogen-bond acceptors (Lipinski definition) is 7. The van der Waals surface area contributed by atoms with Crippen molar-refractivity contribution in [2.75, 3.05) is 42.3 Å². The predicted octanol–water partition coefficient (Wildman–Crippen LogP) is 1.63. The minimum absolute atomic E-state index is 0.0762. The van der Waals surface area contributed by atoms with Gasteiger partial charge in [-0.05, 0) is 32.5 Å². The van der Waals surface area contributed by atoms with Gasteiger partial charge in [0.2, 0.25) is 0 Å². The molecule has 2 aromatic heterocycles. The maximum atomic E-state index is 12.5. The summed E-state index contributed by atoms with van der Waals surface area (Å²) in [5.74, 6) is 1.12. The molecule has 2 aromatic rings. The van der Waals surface area contributed by atoms with Crippen LogP contribution in [0.2, 0.25) is 0 Å². The summed E-state index contributed by atoms with van der Waals surface area (Å²) in [5.41, 5.74) is 0.749. The van der Waals surface area contributed by atoms with Crippen molar-refractivity contribution in [2.24, 2.45) is 0 Å². The summed E-state index contributed by atoms with van der Waals surface area (Å²) in [5, 5.41) is 3.69. The lowest BCUT2D eigenvalue weighted by atomic mass is 10.3. The molecule has 1 N–H and O–H groups in total. The fourth-order valence-electron chi connectivity index (χ4n) is 2.99. The van der Waals surface area contributed by atoms with Gasteiger partial charge < -0.3 is 14.3 Å². The maximum Gasteiger partial charge on any atom is 0.267 e. The Kier molecular flexibility index (Phi) is 4.96. The summed E-state index contributed by atoms with van der Waals surface area (Å²) in [6.07, 6.45) is 1.54. The van der Waals surface area contributed by atoms with Crippen LogP contribution in [0.4, 0.5) is 11.5 Å². The molecule has 0 saturated carbocycles. The second kappa shape index (κ2) is 7.01. The van der Waals surface area contributed by atoms with Crippen LogP contribution in [0.5, 0.6) is 0 Å². The first-order valence-electron chi connectivity index (χ1n) is 8.29. The van der Waals surface area contributed by atoms with E-state index in [0.29, 0.717) is 11.4 Å². The van der Waals surface area contributed by atoms with E-state index in [1.807, 2.05) is 6.07 Å². The minimum Gasteiger partial charge on any atom is -0.360 e. The molecule has 136 valence electrons. The number of pyridine rings is 1. The van der Waals surface area contributed by atoms with Crippen LogP contribution in [0.1, 0.15) is 18.4 Å². The zero-order chi connectivity index (χ0) is 18.0. The van der Waals surface area contributed by atoms with Gasteiger partial charge >= 0.3 is 0 Å². The van der Waals surface area contributed by atoms with Crippen molar-refractivity contribution < 1.29 is 12.9 Å².